The predicted octanol–water partition coefficient (Wildman–Crippen LogP) is 3.88. The molecular formula is C19H28N2O4S. The Morgan fingerprint density at radius 2 is 1.85 bits per heavy atom. The Morgan fingerprint density at radius 3 is 2.38 bits per heavy atom. The largest absolute Gasteiger partial charge is 0.466 e. The second-order valence-electron chi connectivity index (χ2n) is 6.64. The molecule has 0 radical (unpaired) electrons. The maximum absolute atomic E-state index is 11.5. The standard InChI is InChI=1S/C19H28N2O4S/c1-6-25-17(22)11-12-26-16(20-21-18(23)24-5)13-14-7-9-15(10-8-14)19(2,3)4/h7-10H,6,11-13H2,1-5H3,(H,21,23)/b20-16+. The van der Waals surface area contributed by atoms with E-state index in [0.717, 1.165) is 5.56 Å². The van der Waals surface area contributed by atoms with Gasteiger partial charge in [-0.15, -0.1) is 11.8 Å². The Kier molecular flexibility index (Phi) is 9.19. The van der Waals surface area contributed by atoms with Crippen LogP contribution < -0.4 is 5.43 Å². The van der Waals surface area contributed by atoms with Crippen molar-refractivity contribution in [1.82, 2.24) is 5.43 Å². The fourth-order valence-corrected chi connectivity index (χ4v) is 2.94. The van der Waals surface area contributed by atoms with Crippen molar-refractivity contribution in [3.8, 4) is 0 Å². The number of hydrogen-bond acceptors (Lipinski definition) is 6. The highest BCUT2D eigenvalue weighted by atomic mass is 32.2. The molecule has 0 saturated carbocycles. The van der Waals surface area contributed by atoms with Gasteiger partial charge in [-0.25, -0.2) is 10.2 Å². The lowest BCUT2D eigenvalue weighted by Crippen LogP contribution is -2.19. The Bertz CT molecular complexity index is 621. The van der Waals surface area contributed by atoms with Crippen molar-refractivity contribution in [2.45, 2.75) is 46.0 Å². The lowest BCUT2D eigenvalue weighted by Gasteiger charge is -2.19. The molecule has 26 heavy (non-hydrogen) atoms. The molecule has 0 aromatic heterocycles. The monoisotopic (exact) mass is 380 g/mol. The number of carbonyl (C=O) groups is 2. The highest BCUT2D eigenvalue weighted by Gasteiger charge is 2.13. The molecule has 0 fully saturated rings. The third-order valence-electron chi connectivity index (χ3n) is 3.51. The molecule has 0 aliphatic heterocycles. The summed E-state index contributed by atoms with van der Waals surface area (Å²) in [7, 11) is 1.28. The second-order valence-corrected chi connectivity index (χ2v) is 7.80. The molecule has 144 valence electrons. The number of hydrazone groups is 1. The normalized spacial score (nSPS) is 11.8. The lowest BCUT2D eigenvalue weighted by molar-refractivity contribution is -0.142. The molecule has 1 amide bonds. The van der Waals surface area contributed by atoms with Crippen molar-refractivity contribution < 1.29 is 19.1 Å². The fourth-order valence-electron chi connectivity index (χ4n) is 2.06. The average Bonchev–Trinajstić information content (AvgIpc) is 2.59. The predicted molar refractivity (Wildman–Crippen MR) is 106 cm³/mol. The first-order valence-electron chi connectivity index (χ1n) is 8.54. The summed E-state index contributed by atoms with van der Waals surface area (Å²) in [5, 5.41) is 4.80. The minimum Gasteiger partial charge on any atom is -0.466 e. The van der Waals surface area contributed by atoms with E-state index in [4.69, 9.17) is 4.74 Å². The molecule has 0 saturated heterocycles. The first-order valence-corrected chi connectivity index (χ1v) is 9.53. The first kappa shape index (κ1) is 22.0. The van der Waals surface area contributed by atoms with Gasteiger partial charge in [-0.3, -0.25) is 4.79 Å². The summed E-state index contributed by atoms with van der Waals surface area (Å²) in [4.78, 5) is 22.7. The maximum atomic E-state index is 11.5. The minimum atomic E-state index is -0.628. The van der Waals surface area contributed by atoms with Crippen LogP contribution >= 0.6 is 11.8 Å². The van der Waals surface area contributed by atoms with Gasteiger partial charge in [0.2, 0.25) is 0 Å². The molecule has 1 rings (SSSR count). The molecule has 0 aliphatic carbocycles. The van der Waals surface area contributed by atoms with Crippen LogP contribution in [0.15, 0.2) is 29.4 Å². The molecule has 0 aliphatic rings. The van der Waals surface area contributed by atoms with Crippen molar-refractivity contribution >= 4 is 28.9 Å². The van der Waals surface area contributed by atoms with Gasteiger partial charge in [0.05, 0.1) is 25.2 Å². The molecule has 0 heterocycles. The van der Waals surface area contributed by atoms with Crippen LogP contribution in [0.2, 0.25) is 0 Å². The number of ether oxygens (including phenoxy) is 2. The number of thioether (sulfide) groups is 1. The number of esters is 1. The van der Waals surface area contributed by atoms with Gasteiger partial charge < -0.3 is 9.47 Å². The third-order valence-corrected chi connectivity index (χ3v) is 4.49. The number of nitrogens with zero attached hydrogens (tertiary/aromatic N) is 1. The molecule has 0 spiro atoms. The highest BCUT2D eigenvalue weighted by Crippen LogP contribution is 2.23. The number of methoxy groups -OCH3 is 1. The molecule has 1 aromatic rings. The van der Waals surface area contributed by atoms with Gasteiger partial charge in [-0.05, 0) is 23.5 Å². The number of carbonyl (C=O) groups excluding carboxylic acids is 2. The summed E-state index contributed by atoms with van der Waals surface area (Å²) >= 11 is 1.41. The van der Waals surface area contributed by atoms with E-state index in [2.05, 4.69) is 60.3 Å². The molecule has 0 atom stereocenters. The Labute approximate surface area is 159 Å². The van der Waals surface area contributed by atoms with Crippen molar-refractivity contribution in [1.29, 1.82) is 0 Å². The van der Waals surface area contributed by atoms with E-state index in [1.165, 1.54) is 24.4 Å². The van der Waals surface area contributed by atoms with Crippen molar-refractivity contribution in [2.24, 2.45) is 5.10 Å². The quantitative estimate of drug-likeness (QED) is 0.336. The lowest BCUT2D eigenvalue weighted by atomic mass is 9.86. The van der Waals surface area contributed by atoms with E-state index < -0.39 is 6.09 Å². The van der Waals surface area contributed by atoms with Gasteiger partial charge in [-0.2, -0.15) is 5.10 Å². The number of benzene rings is 1. The minimum absolute atomic E-state index is 0.0935. The third kappa shape index (κ3) is 8.38. The van der Waals surface area contributed by atoms with E-state index in [9.17, 15) is 9.59 Å². The Morgan fingerprint density at radius 1 is 1.19 bits per heavy atom. The van der Waals surface area contributed by atoms with E-state index in [1.54, 1.807) is 6.92 Å². The summed E-state index contributed by atoms with van der Waals surface area (Å²) in [5.74, 6) is 0.287. The van der Waals surface area contributed by atoms with Gasteiger partial charge >= 0.3 is 12.1 Å². The SMILES string of the molecule is CCOC(=O)CCS/C(Cc1ccc(C(C)(C)C)cc1)=N/NC(=O)OC. The Balaban J connectivity index is 2.74. The summed E-state index contributed by atoms with van der Waals surface area (Å²) in [6, 6.07) is 8.31. The van der Waals surface area contributed by atoms with Gasteiger partial charge in [0.15, 0.2) is 0 Å². The highest BCUT2D eigenvalue weighted by molar-refractivity contribution is 8.13. The van der Waals surface area contributed by atoms with Crippen LogP contribution in [0.5, 0.6) is 0 Å². The summed E-state index contributed by atoms with van der Waals surface area (Å²) in [6.45, 7) is 8.65. The molecule has 6 nitrogen and oxygen atoms in total. The van der Waals surface area contributed by atoms with Crippen LogP contribution in [0.3, 0.4) is 0 Å². The summed E-state index contributed by atoms with van der Waals surface area (Å²) in [6.07, 6.45) is 0.220. The van der Waals surface area contributed by atoms with Crippen LogP contribution in [-0.4, -0.2) is 36.6 Å². The van der Waals surface area contributed by atoms with Crippen LogP contribution in [-0.2, 0) is 26.1 Å². The maximum Gasteiger partial charge on any atom is 0.427 e. The first-order chi connectivity index (χ1) is 12.3. The average molecular weight is 381 g/mol. The molecular weight excluding hydrogens is 352 g/mol. The van der Waals surface area contributed by atoms with Crippen LogP contribution in [0.1, 0.15) is 45.2 Å². The zero-order chi connectivity index (χ0) is 19.6. The Hall–Kier alpha value is -2.02. The van der Waals surface area contributed by atoms with Crippen molar-refractivity contribution in [3.63, 3.8) is 0 Å². The molecule has 0 unspecified atom stereocenters. The number of amides is 1. The van der Waals surface area contributed by atoms with Gasteiger partial charge in [0.25, 0.3) is 0 Å². The summed E-state index contributed by atoms with van der Waals surface area (Å²) < 4.78 is 9.46. The van der Waals surface area contributed by atoms with E-state index in [-0.39, 0.29) is 11.4 Å². The number of rotatable bonds is 7. The zero-order valence-corrected chi connectivity index (χ0v) is 16.9. The molecule has 7 heteroatoms. The van der Waals surface area contributed by atoms with Gasteiger partial charge in [0, 0.05) is 12.2 Å². The molecule has 0 bridgehead atoms. The second kappa shape index (κ2) is 10.9. The fraction of sp³-hybridized carbons (Fsp3) is 0.526. The van der Waals surface area contributed by atoms with E-state index >= 15 is 0 Å². The topological polar surface area (TPSA) is 77.0 Å². The van der Waals surface area contributed by atoms with Gasteiger partial charge in [-0.1, -0.05) is 45.0 Å². The summed E-state index contributed by atoms with van der Waals surface area (Å²) in [5.41, 5.74) is 4.76. The zero-order valence-electron chi connectivity index (χ0n) is 16.1. The number of hydrogen-bond donors (Lipinski definition) is 1. The van der Waals surface area contributed by atoms with E-state index in [1.807, 2.05) is 0 Å². The molecule has 1 N–H and O–H groups in total. The van der Waals surface area contributed by atoms with E-state index in [0.29, 0.717) is 30.2 Å². The molecule has 1 aromatic carbocycles. The van der Waals surface area contributed by atoms with Crippen LogP contribution in [0, 0.1) is 0 Å². The smallest absolute Gasteiger partial charge is 0.427 e. The van der Waals surface area contributed by atoms with Crippen molar-refractivity contribution in [2.75, 3.05) is 19.5 Å². The van der Waals surface area contributed by atoms with Crippen LogP contribution in [0.25, 0.3) is 0 Å². The van der Waals surface area contributed by atoms with Gasteiger partial charge in [0.1, 0.15) is 0 Å². The van der Waals surface area contributed by atoms with Crippen molar-refractivity contribution in [3.05, 3.63) is 35.4 Å². The number of nitrogens with one attached hydrogen (secondary N) is 1. The van der Waals surface area contributed by atoms with Crippen LogP contribution in [0.4, 0.5) is 4.79 Å².